The van der Waals surface area contributed by atoms with Gasteiger partial charge in [0.2, 0.25) is 0 Å². The summed E-state index contributed by atoms with van der Waals surface area (Å²) in [6.45, 7) is 27.8. The summed E-state index contributed by atoms with van der Waals surface area (Å²) in [5.41, 5.74) is 7.69. The fraction of sp³-hybridized carbons (Fsp3) is 0.846. The Labute approximate surface area is 543 Å². The van der Waals surface area contributed by atoms with E-state index in [1.807, 2.05) is 0 Å². The van der Waals surface area contributed by atoms with Crippen LogP contribution in [0.5, 0.6) is 11.5 Å². The highest BCUT2D eigenvalue weighted by Crippen LogP contribution is 2.59. The van der Waals surface area contributed by atoms with Crippen LogP contribution in [0.15, 0.2) is 24.3 Å². The van der Waals surface area contributed by atoms with Crippen LogP contribution in [0.3, 0.4) is 0 Å². The molecule has 0 bridgehead atoms. The van der Waals surface area contributed by atoms with Crippen molar-refractivity contribution in [3.63, 3.8) is 0 Å². The maximum absolute atomic E-state index is 12.0. The Morgan fingerprint density at radius 2 is 0.563 bits per heavy atom. The van der Waals surface area contributed by atoms with E-state index in [-0.39, 0.29) is 21.7 Å². The molecule has 0 aliphatic heterocycles. The first kappa shape index (κ1) is 83.7. The Hall–Kier alpha value is -1.30. The van der Waals surface area contributed by atoms with Gasteiger partial charge in [-0.25, -0.2) is 4.31 Å². The molecule has 2 aromatic carbocycles. The minimum atomic E-state index is -2.61. The summed E-state index contributed by atoms with van der Waals surface area (Å²) >= 11 is 0. The Balaban J connectivity index is 0.00000507. The summed E-state index contributed by atoms with van der Waals surface area (Å²) < 4.78 is 3.60. The summed E-state index contributed by atoms with van der Waals surface area (Å²) in [6.07, 6.45) is 68.0. The van der Waals surface area contributed by atoms with E-state index in [2.05, 4.69) is 112 Å². The van der Waals surface area contributed by atoms with Gasteiger partial charge in [-0.05, 0) is 114 Å². The van der Waals surface area contributed by atoms with Crippen LogP contribution in [0, 0.1) is 19.3 Å². The number of phenols is 2. The van der Waals surface area contributed by atoms with E-state index in [9.17, 15) is 10.2 Å². The minimum absolute atomic E-state index is 0.00199. The number of aromatic hydroxyl groups is 2. The molecule has 0 heterocycles. The van der Waals surface area contributed by atoms with Crippen LogP contribution in [0.1, 0.15) is 417 Å². The standard InChI is InChI=1S/C78H142O2.H4O5P2/c1-13-17-21-25-29-33-37-41-45-49-53-58-77(59-54-50-46-42-38-34-30-26-22-18-14-2,62-57-69-65-71(75(7,8)9)73(79)63-67(69)5)78(60-55-51-47-43-39-35-31-27-23-19-15-3,61-56-52-48-44-40-36-32-28-24-20-16-4)70-66-72(76(10,11)12)74(80)64-68(70)6;1-6(2)5-7(3)4/h63-66,79-80H,13-62H2,1-12H3;1-4H. The van der Waals surface area contributed by atoms with Crippen molar-refractivity contribution in [2.24, 2.45) is 5.41 Å². The lowest BCUT2D eigenvalue weighted by atomic mass is 9.50. The predicted octanol–water partition coefficient (Wildman–Crippen LogP) is 26.4. The number of phenolic OH excluding ortho intramolecular Hbond substituents is 2. The van der Waals surface area contributed by atoms with Gasteiger partial charge >= 0.3 is 17.2 Å². The lowest BCUT2D eigenvalue weighted by Gasteiger charge is -2.54. The Kier molecular flexibility index (Phi) is 49.2. The van der Waals surface area contributed by atoms with Gasteiger partial charge in [0.15, 0.2) is 0 Å². The van der Waals surface area contributed by atoms with Crippen molar-refractivity contribution >= 4 is 17.2 Å². The third-order valence-corrected chi connectivity index (χ3v) is 21.1. The third kappa shape index (κ3) is 37.9. The van der Waals surface area contributed by atoms with E-state index in [0.717, 1.165) is 17.5 Å². The van der Waals surface area contributed by atoms with E-state index in [0.29, 0.717) is 11.5 Å². The highest BCUT2D eigenvalue weighted by molar-refractivity contribution is 7.53. The molecule has 6 N–H and O–H groups in total. The molecule has 0 radical (unpaired) electrons. The Morgan fingerprint density at radius 3 is 0.828 bits per heavy atom. The van der Waals surface area contributed by atoms with Crippen molar-refractivity contribution < 1.29 is 34.1 Å². The van der Waals surface area contributed by atoms with Gasteiger partial charge < -0.3 is 29.8 Å². The van der Waals surface area contributed by atoms with Crippen molar-refractivity contribution in [2.75, 3.05) is 0 Å². The molecule has 510 valence electrons. The Bertz CT molecular complexity index is 1860. The number of aryl methyl sites for hydroxylation is 3. The lowest BCUT2D eigenvalue weighted by molar-refractivity contribution is 0.0463. The summed E-state index contributed by atoms with van der Waals surface area (Å²) in [5.74, 6) is 0.955. The maximum Gasteiger partial charge on any atom is 0.334 e. The quantitative estimate of drug-likeness (QED) is 0.0287. The zero-order valence-electron chi connectivity index (χ0n) is 59.7. The van der Waals surface area contributed by atoms with Crippen molar-refractivity contribution in [2.45, 2.75) is 420 Å². The number of hydrogen-bond donors (Lipinski definition) is 6. The van der Waals surface area contributed by atoms with Crippen LogP contribution in [-0.4, -0.2) is 29.8 Å². The molecule has 0 saturated carbocycles. The normalized spacial score (nSPS) is 12.5. The molecule has 0 fully saturated rings. The molecular formula is C78H146O7P2. The van der Waals surface area contributed by atoms with Crippen LogP contribution < -0.4 is 0 Å². The molecule has 2 rings (SSSR count). The topological polar surface area (TPSA) is 131 Å². The first-order chi connectivity index (χ1) is 41.7. The van der Waals surface area contributed by atoms with Crippen LogP contribution >= 0.6 is 17.2 Å². The smallest absolute Gasteiger partial charge is 0.334 e. The molecule has 87 heavy (non-hydrogen) atoms. The summed E-state index contributed by atoms with van der Waals surface area (Å²) in [7, 11) is -5.22. The van der Waals surface area contributed by atoms with Crippen LogP contribution in [0.4, 0.5) is 0 Å². The van der Waals surface area contributed by atoms with Gasteiger partial charge in [-0.2, -0.15) is 0 Å². The first-order valence-electron chi connectivity index (χ1n) is 37.4. The van der Waals surface area contributed by atoms with Gasteiger partial charge in [-0.1, -0.05) is 364 Å². The fourth-order valence-corrected chi connectivity index (χ4v) is 15.1. The second-order valence-corrected chi connectivity index (χ2v) is 31.2. The summed E-state index contributed by atoms with van der Waals surface area (Å²) in [4.78, 5) is 31.3. The number of unbranched alkanes of at least 4 members (excludes halogenated alkanes) is 40. The summed E-state index contributed by atoms with van der Waals surface area (Å²) in [6, 6.07) is 9.37. The van der Waals surface area contributed by atoms with Crippen LogP contribution in [-0.2, 0) is 27.0 Å². The minimum Gasteiger partial charge on any atom is -0.508 e. The molecule has 7 nitrogen and oxygen atoms in total. The van der Waals surface area contributed by atoms with Gasteiger partial charge in [0.1, 0.15) is 11.5 Å². The largest absolute Gasteiger partial charge is 0.508 e. The van der Waals surface area contributed by atoms with Crippen molar-refractivity contribution in [1.29, 1.82) is 0 Å². The second-order valence-electron chi connectivity index (χ2n) is 29.6. The fourth-order valence-electron chi connectivity index (χ4n) is 14.6. The highest BCUT2D eigenvalue weighted by atomic mass is 31.2. The molecule has 0 aromatic heterocycles. The third-order valence-electron chi connectivity index (χ3n) is 19.9. The maximum atomic E-state index is 12.0. The second kappa shape index (κ2) is 51.2. The van der Waals surface area contributed by atoms with Crippen molar-refractivity contribution in [3.8, 4) is 11.5 Å². The molecule has 0 aliphatic carbocycles. The van der Waals surface area contributed by atoms with Gasteiger partial charge in [0, 0.05) is 5.41 Å². The SMILES string of the molecule is CCCCCCCCCCCCCC(CCCCCCCCCCCCC)(CCc1cc(C(C)(C)C)c(O)cc1C)C(CCCCCCCCCCCCC)(CCCCCCCCCCCCC)c1cc(C(C)(C)C)c(O)cc1C.OP(O)OP(O)O. The number of hydrogen-bond acceptors (Lipinski definition) is 7. The molecule has 0 spiro atoms. The molecular weight excluding hydrogens is 1110 g/mol. The molecule has 0 aliphatic rings. The zero-order chi connectivity index (χ0) is 64.7. The molecule has 0 amide bonds. The molecule has 2 aromatic rings. The number of benzene rings is 2. The van der Waals surface area contributed by atoms with E-state index in [4.69, 9.17) is 19.6 Å². The van der Waals surface area contributed by atoms with Gasteiger partial charge in [-0.15, -0.1) is 0 Å². The van der Waals surface area contributed by atoms with E-state index >= 15 is 0 Å². The summed E-state index contributed by atoms with van der Waals surface area (Å²) in [5, 5.41) is 23.5. The van der Waals surface area contributed by atoms with E-state index in [1.54, 1.807) is 5.56 Å². The Morgan fingerprint density at radius 1 is 0.310 bits per heavy atom. The van der Waals surface area contributed by atoms with Gasteiger partial charge in [-0.3, -0.25) is 0 Å². The van der Waals surface area contributed by atoms with Gasteiger partial charge in [0.05, 0.1) is 0 Å². The monoisotopic (exact) mass is 1260 g/mol. The zero-order valence-corrected chi connectivity index (χ0v) is 61.4. The van der Waals surface area contributed by atoms with Crippen molar-refractivity contribution in [3.05, 3.63) is 57.6 Å². The average molecular weight is 1260 g/mol. The molecule has 0 saturated heterocycles. The lowest BCUT2D eigenvalue weighted by Crippen LogP contribution is -2.47. The molecule has 0 unspecified atom stereocenters. The molecule has 9 heteroatoms. The van der Waals surface area contributed by atoms with E-state index in [1.165, 1.54) is 331 Å². The van der Waals surface area contributed by atoms with Crippen LogP contribution in [0.2, 0.25) is 0 Å². The first-order valence-corrected chi connectivity index (χ1v) is 39.7. The highest BCUT2D eigenvalue weighted by Gasteiger charge is 2.51. The van der Waals surface area contributed by atoms with Crippen molar-refractivity contribution in [1.82, 2.24) is 0 Å². The predicted molar refractivity (Wildman–Crippen MR) is 384 cm³/mol. The van der Waals surface area contributed by atoms with E-state index < -0.39 is 17.2 Å². The van der Waals surface area contributed by atoms with Crippen LogP contribution in [0.25, 0.3) is 0 Å². The van der Waals surface area contributed by atoms with Gasteiger partial charge in [0.25, 0.3) is 0 Å². The molecule has 0 atom stereocenters. The average Bonchev–Trinajstić information content (AvgIpc) is 0.797. The number of rotatable bonds is 55.